The van der Waals surface area contributed by atoms with Gasteiger partial charge in [0.25, 0.3) is 0 Å². The van der Waals surface area contributed by atoms with Crippen molar-refractivity contribution in [1.29, 1.82) is 0 Å². The molecule has 0 spiro atoms. The van der Waals surface area contributed by atoms with E-state index in [2.05, 4.69) is 20.3 Å². The predicted octanol–water partition coefficient (Wildman–Crippen LogP) is 2.60. The molecule has 2 heterocycles. The molecule has 0 aliphatic rings. The van der Waals surface area contributed by atoms with E-state index in [4.69, 9.17) is 5.73 Å². The van der Waals surface area contributed by atoms with Gasteiger partial charge in [-0.1, -0.05) is 6.07 Å². The molecule has 0 atom stereocenters. The number of H-pyrrole nitrogens is 2. The van der Waals surface area contributed by atoms with Crippen molar-refractivity contribution in [3.63, 3.8) is 0 Å². The number of aromatic amines is 2. The van der Waals surface area contributed by atoms with Crippen LogP contribution in [0.2, 0.25) is 0 Å². The molecule has 2 aromatic carbocycles. The SMILES string of the molecule is Nc1ccc2nc(NCc3ccc4[nH]c(=O)ccc4c3)[nH]c2c1. The summed E-state index contributed by atoms with van der Waals surface area (Å²) in [7, 11) is 0. The lowest BCUT2D eigenvalue weighted by Crippen LogP contribution is -2.04. The average Bonchev–Trinajstić information content (AvgIpc) is 2.94. The van der Waals surface area contributed by atoms with Gasteiger partial charge in [0.15, 0.2) is 0 Å². The van der Waals surface area contributed by atoms with Crippen molar-refractivity contribution in [2.75, 3.05) is 11.1 Å². The third-order valence-electron chi connectivity index (χ3n) is 3.75. The number of imidazole rings is 1. The summed E-state index contributed by atoms with van der Waals surface area (Å²) in [6.45, 7) is 0.629. The Kier molecular flexibility index (Phi) is 3.01. The molecule has 6 heteroatoms. The monoisotopic (exact) mass is 305 g/mol. The first-order valence-electron chi connectivity index (χ1n) is 7.28. The summed E-state index contributed by atoms with van der Waals surface area (Å²) in [5, 5.41) is 4.27. The fraction of sp³-hybridized carbons (Fsp3) is 0.0588. The number of anilines is 2. The number of benzene rings is 2. The van der Waals surface area contributed by atoms with Gasteiger partial charge in [-0.05, 0) is 47.3 Å². The van der Waals surface area contributed by atoms with E-state index >= 15 is 0 Å². The van der Waals surface area contributed by atoms with Crippen LogP contribution in [0.15, 0.2) is 53.3 Å². The highest BCUT2D eigenvalue weighted by molar-refractivity contribution is 5.81. The maximum atomic E-state index is 11.3. The fourth-order valence-electron chi connectivity index (χ4n) is 2.61. The van der Waals surface area contributed by atoms with Crippen molar-refractivity contribution in [3.8, 4) is 0 Å². The third-order valence-corrected chi connectivity index (χ3v) is 3.75. The van der Waals surface area contributed by atoms with Crippen LogP contribution in [0.25, 0.3) is 21.9 Å². The summed E-state index contributed by atoms with van der Waals surface area (Å²) in [5.41, 5.74) is 10.1. The van der Waals surface area contributed by atoms with Crippen molar-refractivity contribution in [2.24, 2.45) is 0 Å². The zero-order valence-corrected chi connectivity index (χ0v) is 12.3. The molecule has 0 aliphatic carbocycles. The molecular weight excluding hydrogens is 290 g/mol. The molecule has 0 bridgehead atoms. The highest BCUT2D eigenvalue weighted by Gasteiger charge is 2.03. The summed E-state index contributed by atoms with van der Waals surface area (Å²) in [6.07, 6.45) is 0. The summed E-state index contributed by atoms with van der Waals surface area (Å²) in [4.78, 5) is 21.8. The molecule has 0 amide bonds. The van der Waals surface area contributed by atoms with Crippen LogP contribution in [-0.4, -0.2) is 15.0 Å². The zero-order valence-electron chi connectivity index (χ0n) is 12.3. The van der Waals surface area contributed by atoms with Crippen LogP contribution in [0.1, 0.15) is 5.56 Å². The molecule has 6 nitrogen and oxygen atoms in total. The van der Waals surface area contributed by atoms with Gasteiger partial charge in [0.1, 0.15) is 0 Å². The second kappa shape index (κ2) is 5.17. The Morgan fingerprint density at radius 2 is 1.91 bits per heavy atom. The van der Waals surface area contributed by atoms with E-state index < -0.39 is 0 Å². The van der Waals surface area contributed by atoms with Crippen LogP contribution in [0.5, 0.6) is 0 Å². The highest BCUT2D eigenvalue weighted by atomic mass is 16.1. The Bertz CT molecular complexity index is 1060. The van der Waals surface area contributed by atoms with E-state index in [-0.39, 0.29) is 5.56 Å². The molecule has 0 saturated carbocycles. The van der Waals surface area contributed by atoms with Crippen LogP contribution in [0.4, 0.5) is 11.6 Å². The number of fused-ring (bicyclic) bond motifs is 2. The van der Waals surface area contributed by atoms with E-state index in [0.717, 1.165) is 27.5 Å². The number of rotatable bonds is 3. The number of aromatic nitrogens is 3. The highest BCUT2D eigenvalue weighted by Crippen LogP contribution is 2.18. The number of nitrogens with zero attached hydrogens (tertiary/aromatic N) is 1. The van der Waals surface area contributed by atoms with Gasteiger partial charge < -0.3 is 21.0 Å². The fourth-order valence-corrected chi connectivity index (χ4v) is 2.61. The smallest absolute Gasteiger partial charge is 0.248 e. The first kappa shape index (κ1) is 13.4. The first-order chi connectivity index (χ1) is 11.2. The van der Waals surface area contributed by atoms with Crippen molar-refractivity contribution in [3.05, 3.63) is 64.4 Å². The minimum Gasteiger partial charge on any atom is -0.399 e. The van der Waals surface area contributed by atoms with Crippen molar-refractivity contribution >= 4 is 33.6 Å². The standard InChI is InChI=1S/C17H15N5O/c18-12-3-5-14-15(8-12)22-17(21-14)19-9-10-1-4-13-11(7-10)2-6-16(23)20-13/h1-8H,9,18H2,(H,20,23)(H2,19,21,22). The lowest BCUT2D eigenvalue weighted by atomic mass is 10.1. The minimum atomic E-state index is -0.0927. The van der Waals surface area contributed by atoms with Crippen LogP contribution >= 0.6 is 0 Å². The first-order valence-corrected chi connectivity index (χ1v) is 7.28. The van der Waals surface area contributed by atoms with Crippen LogP contribution in [0, 0.1) is 0 Å². The van der Waals surface area contributed by atoms with E-state index in [9.17, 15) is 4.79 Å². The Morgan fingerprint density at radius 3 is 2.83 bits per heavy atom. The minimum absolute atomic E-state index is 0.0927. The molecule has 2 aromatic heterocycles. The van der Waals surface area contributed by atoms with Crippen molar-refractivity contribution in [2.45, 2.75) is 6.54 Å². The van der Waals surface area contributed by atoms with Gasteiger partial charge >= 0.3 is 0 Å². The quantitative estimate of drug-likeness (QED) is 0.437. The Labute approximate surface area is 131 Å². The van der Waals surface area contributed by atoms with Crippen LogP contribution in [-0.2, 0) is 6.54 Å². The normalized spacial score (nSPS) is 11.1. The van der Waals surface area contributed by atoms with Crippen molar-refractivity contribution in [1.82, 2.24) is 15.0 Å². The van der Waals surface area contributed by atoms with Gasteiger partial charge in [-0.3, -0.25) is 4.79 Å². The molecule has 0 unspecified atom stereocenters. The van der Waals surface area contributed by atoms with E-state index in [1.54, 1.807) is 0 Å². The maximum absolute atomic E-state index is 11.3. The lowest BCUT2D eigenvalue weighted by Gasteiger charge is -2.05. The summed E-state index contributed by atoms with van der Waals surface area (Å²) in [6, 6.07) is 14.9. The number of pyridine rings is 1. The zero-order chi connectivity index (χ0) is 15.8. The molecule has 0 aliphatic heterocycles. The number of nitrogens with one attached hydrogen (secondary N) is 3. The number of hydrogen-bond acceptors (Lipinski definition) is 4. The topological polar surface area (TPSA) is 99.6 Å². The predicted molar refractivity (Wildman–Crippen MR) is 92.4 cm³/mol. The summed E-state index contributed by atoms with van der Waals surface area (Å²) >= 11 is 0. The van der Waals surface area contributed by atoms with Gasteiger partial charge in [0, 0.05) is 23.8 Å². The van der Waals surface area contributed by atoms with Gasteiger partial charge in [0.2, 0.25) is 11.5 Å². The molecule has 4 aromatic rings. The number of hydrogen-bond donors (Lipinski definition) is 4. The Morgan fingerprint density at radius 1 is 1.00 bits per heavy atom. The van der Waals surface area contributed by atoms with E-state index in [1.807, 2.05) is 42.5 Å². The van der Waals surface area contributed by atoms with Crippen molar-refractivity contribution < 1.29 is 0 Å². The number of nitrogens with two attached hydrogens (primary N) is 1. The molecule has 5 N–H and O–H groups in total. The van der Waals surface area contributed by atoms with Gasteiger partial charge in [-0.25, -0.2) is 4.98 Å². The molecule has 4 rings (SSSR count). The lowest BCUT2D eigenvalue weighted by molar-refractivity contribution is 1.10. The third kappa shape index (κ3) is 2.62. The molecule has 0 saturated heterocycles. The largest absolute Gasteiger partial charge is 0.399 e. The Hall–Kier alpha value is -3.28. The summed E-state index contributed by atoms with van der Waals surface area (Å²) < 4.78 is 0. The number of nitrogen functional groups attached to an aromatic ring is 1. The second-order valence-corrected chi connectivity index (χ2v) is 5.46. The van der Waals surface area contributed by atoms with E-state index in [1.165, 1.54) is 6.07 Å². The maximum Gasteiger partial charge on any atom is 0.248 e. The summed E-state index contributed by atoms with van der Waals surface area (Å²) in [5.74, 6) is 0.701. The van der Waals surface area contributed by atoms with Gasteiger partial charge in [-0.15, -0.1) is 0 Å². The molecule has 23 heavy (non-hydrogen) atoms. The molecular formula is C17H15N5O. The van der Waals surface area contributed by atoms with Gasteiger partial charge in [-0.2, -0.15) is 0 Å². The average molecular weight is 305 g/mol. The van der Waals surface area contributed by atoms with Gasteiger partial charge in [0.05, 0.1) is 11.0 Å². The van der Waals surface area contributed by atoms with Crippen LogP contribution < -0.4 is 16.6 Å². The second-order valence-electron chi connectivity index (χ2n) is 5.46. The molecule has 114 valence electrons. The molecule has 0 radical (unpaired) electrons. The Balaban J connectivity index is 1.57. The molecule has 0 fully saturated rings. The van der Waals surface area contributed by atoms with E-state index in [0.29, 0.717) is 18.2 Å². The van der Waals surface area contributed by atoms with Crippen LogP contribution in [0.3, 0.4) is 0 Å².